The van der Waals surface area contributed by atoms with E-state index in [-0.39, 0.29) is 11.2 Å². The molecule has 0 fully saturated rings. The maximum absolute atomic E-state index is 10.3. The average molecular weight is 507 g/mol. The van der Waals surface area contributed by atoms with E-state index in [4.69, 9.17) is 9.97 Å². The number of hydrogen-bond acceptors (Lipinski definition) is 5. The lowest BCUT2D eigenvalue weighted by molar-refractivity contribution is 0.419. The largest absolute Gasteiger partial charge is 0.508 e. The molecule has 5 aromatic carbocycles. The van der Waals surface area contributed by atoms with Gasteiger partial charge in [-0.05, 0) is 41.5 Å². The highest BCUT2D eigenvalue weighted by Crippen LogP contribution is 2.36. The number of phenols is 1. The van der Waals surface area contributed by atoms with Gasteiger partial charge in [0.2, 0.25) is 5.95 Å². The van der Waals surface area contributed by atoms with Crippen LogP contribution in [0.5, 0.6) is 5.75 Å². The zero-order valence-electron chi connectivity index (χ0n) is 20.7. The van der Waals surface area contributed by atoms with E-state index >= 15 is 0 Å². The minimum absolute atomic E-state index is 0.0686. The van der Waals surface area contributed by atoms with Crippen LogP contribution < -0.4 is 5.46 Å². The first-order chi connectivity index (χ1) is 19.1. The summed E-state index contributed by atoms with van der Waals surface area (Å²) >= 11 is 0. The quantitative estimate of drug-likeness (QED) is 0.276. The number of aromatic nitrogens is 3. The van der Waals surface area contributed by atoms with Crippen LogP contribution in [0.15, 0.2) is 115 Å². The Hall–Kier alpha value is -4.98. The Balaban J connectivity index is 1.48. The van der Waals surface area contributed by atoms with E-state index in [2.05, 4.69) is 41.0 Å². The van der Waals surface area contributed by atoms with Crippen molar-refractivity contribution in [3.8, 4) is 34.1 Å². The third-order valence-electron chi connectivity index (χ3n) is 7.15. The lowest BCUT2D eigenvalue weighted by atomic mass is 9.79. The highest BCUT2D eigenvalue weighted by Gasteiger charge is 2.19. The second kappa shape index (κ2) is 9.10. The molecule has 0 saturated heterocycles. The summed E-state index contributed by atoms with van der Waals surface area (Å²) in [7, 11) is -1.73. The van der Waals surface area contributed by atoms with E-state index < -0.39 is 7.12 Å². The Bertz CT molecular complexity index is 2020. The summed E-state index contributed by atoms with van der Waals surface area (Å²) in [6, 6.07) is 37.3. The van der Waals surface area contributed by atoms with E-state index in [9.17, 15) is 15.2 Å². The second-order valence-corrected chi connectivity index (χ2v) is 9.49. The van der Waals surface area contributed by atoms with Gasteiger partial charge >= 0.3 is 7.12 Å². The van der Waals surface area contributed by atoms with Crippen LogP contribution in [0, 0.1) is 0 Å². The molecule has 0 aliphatic carbocycles. The molecule has 0 radical (unpaired) electrons. The molecule has 0 aliphatic heterocycles. The van der Waals surface area contributed by atoms with Crippen LogP contribution in [0.1, 0.15) is 0 Å². The maximum atomic E-state index is 10.3. The minimum atomic E-state index is -1.73. The molecule has 39 heavy (non-hydrogen) atoms. The van der Waals surface area contributed by atoms with Crippen LogP contribution in [0.3, 0.4) is 0 Å². The molecule has 7 heteroatoms. The molecular weight excluding hydrogens is 485 g/mol. The van der Waals surface area contributed by atoms with Crippen molar-refractivity contribution in [3.63, 3.8) is 0 Å². The second-order valence-electron chi connectivity index (χ2n) is 9.49. The number of rotatable bonds is 4. The Kier molecular flexibility index (Phi) is 5.40. The molecule has 0 atom stereocenters. The van der Waals surface area contributed by atoms with Crippen molar-refractivity contribution in [2.75, 3.05) is 0 Å². The van der Waals surface area contributed by atoms with Gasteiger partial charge < -0.3 is 15.2 Å². The van der Waals surface area contributed by atoms with Crippen LogP contribution in [-0.4, -0.2) is 36.8 Å². The van der Waals surface area contributed by atoms with Gasteiger partial charge in [0.15, 0.2) is 0 Å². The molecule has 0 amide bonds. The van der Waals surface area contributed by atoms with E-state index in [1.807, 2.05) is 60.7 Å². The number of fused-ring (bicyclic) bond motifs is 4. The summed E-state index contributed by atoms with van der Waals surface area (Å²) in [4.78, 5) is 10.1. The van der Waals surface area contributed by atoms with Gasteiger partial charge in [0, 0.05) is 27.2 Å². The van der Waals surface area contributed by atoms with Crippen molar-refractivity contribution < 1.29 is 15.2 Å². The Labute approximate surface area is 224 Å². The molecular formula is C32H22BN3O3. The molecule has 0 bridgehead atoms. The SMILES string of the molecule is OB(O)c1ccc(-c2ccc3c(c2)c2ccccc2n3-c2nc(-c3ccccc3)c3ccccc3n2)cc1O. The van der Waals surface area contributed by atoms with Gasteiger partial charge in [-0.3, -0.25) is 4.57 Å². The fourth-order valence-corrected chi connectivity index (χ4v) is 5.29. The molecule has 3 N–H and O–H groups in total. The normalized spacial score (nSPS) is 11.4. The predicted octanol–water partition coefficient (Wildman–Crippen LogP) is 5.45. The van der Waals surface area contributed by atoms with Gasteiger partial charge in [0.1, 0.15) is 5.75 Å². The van der Waals surface area contributed by atoms with E-state index in [1.54, 1.807) is 12.1 Å². The van der Waals surface area contributed by atoms with E-state index in [1.165, 1.54) is 6.07 Å². The molecule has 0 saturated carbocycles. The van der Waals surface area contributed by atoms with Crippen LogP contribution in [0.2, 0.25) is 0 Å². The van der Waals surface area contributed by atoms with Crippen molar-refractivity contribution in [3.05, 3.63) is 115 Å². The summed E-state index contributed by atoms with van der Waals surface area (Å²) in [6.45, 7) is 0. The predicted molar refractivity (Wildman–Crippen MR) is 156 cm³/mol. The van der Waals surface area contributed by atoms with Gasteiger partial charge in [-0.15, -0.1) is 0 Å². The smallest absolute Gasteiger partial charge is 0.492 e. The Morgan fingerprint density at radius 2 is 1.23 bits per heavy atom. The Morgan fingerprint density at radius 1 is 0.564 bits per heavy atom. The topological polar surface area (TPSA) is 91.4 Å². The maximum Gasteiger partial charge on any atom is 0.492 e. The first kappa shape index (κ1) is 23.2. The van der Waals surface area contributed by atoms with Crippen molar-refractivity contribution in [1.82, 2.24) is 14.5 Å². The van der Waals surface area contributed by atoms with Gasteiger partial charge in [-0.1, -0.05) is 84.9 Å². The summed E-state index contributed by atoms with van der Waals surface area (Å²) < 4.78 is 2.09. The lowest BCUT2D eigenvalue weighted by Gasteiger charge is -2.12. The number of para-hydroxylation sites is 2. The van der Waals surface area contributed by atoms with Crippen molar-refractivity contribution >= 4 is 45.3 Å². The van der Waals surface area contributed by atoms with Gasteiger partial charge in [0.25, 0.3) is 0 Å². The van der Waals surface area contributed by atoms with Crippen molar-refractivity contribution in [2.45, 2.75) is 0 Å². The molecule has 6 nitrogen and oxygen atoms in total. The zero-order valence-corrected chi connectivity index (χ0v) is 20.7. The standard InChI is InChI=1S/C32H22BN3O3/c37-30-19-22(14-16-26(30)33(38)39)21-15-17-29-25(18-21)23-10-5-7-13-28(23)36(29)32-34-27-12-6-4-11-24(27)31(35-32)20-8-2-1-3-9-20/h1-19,37-39H. The molecule has 7 aromatic rings. The van der Waals surface area contributed by atoms with Crippen LogP contribution in [-0.2, 0) is 0 Å². The first-order valence-corrected chi connectivity index (χ1v) is 12.6. The number of phenolic OH excluding ortho intramolecular Hbond substituents is 1. The lowest BCUT2D eigenvalue weighted by Crippen LogP contribution is -2.29. The van der Waals surface area contributed by atoms with E-state index in [0.29, 0.717) is 5.95 Å². The third-order valence-corrected chi connectivity index (χ3v) is 7.15. The Morgan fingerprint density at radius 3 is 2.03 bits per heavy atom. The molecule has 2 heterocycles. The third kappa shape index (κ3) is 3.84. The van der Waals surface area contributed by atoms with Gasteiger partial charge in [0.05, 0.1) is 22.2 Å². The van der Waals surface area contributed by atoms with E-state index in [0.717, 1.165) is 55.1 Å². The van der Waals surface area contributed by atoms with Gasteiger partial charge in [-0.25, -0.2) is 9.97 Å². The highest BCUT2D eigenvalue weighted by molar-refractivity contribution is 6.59. The summed E-state index contributed by atoms with van der Waals surface area (Å²) in [5.74, 6) is 0.425. The van der Waals surface area contributed by atoms with Gasteiger partial charge in [-0.2, -0.15) is 0 Å². The first-order valence-electron chi connectivity index (χ1n) is 12.6. The minimum Gasteiger partial charge on any atom is -0.508 e. The number of hydrogen-bond donors (Lipinski definition) is 3. The van der Waals surface area contributed by atoms with Crippen molar-refractivity contribution in [2.24, 2.45) is 0 Å². The number of nitrogens with zero attached hydrogens (tertiary/aromatic N) is 3. The number of benzene rings is 5. The van der Waals surface area contributed by atoms with Crippen LogP contribution >= 0.6 is 0 Å². The summed E-state index contributed by atoms with van der Waals surface area (Å²) in [5.41, 5.74) is 6.44. The highest BCUT2D eigenvalue weighted by atomic mass is 16.4. The summed E-state index contributed by atoms with van der Waals surface area (Å²) in [6.07, 6.45) is 0. The van der Waals surface area contributed by atoms with Crippen LogP contribution in [0.4, 0.5) is 0 Å². The monoisotopic (exact) mass is 507 g/mol. The average Bonchev–Trinajstić information content (AvgIpc) is 3.30. The summed E-state index contributed by atoms with van der Waals surface area (Å²) in [5, 5.41) is 32.3. The molecule has 186 valence electrons. The molecule has 2 aromatic heterocycles. The van der Waals surface area contributed by atoms with Crippen molar-refractivity contribution in [1.29, 1.82) is 0 Å². The van der Waals surface area contributed by atoms with Crippen LogP contribution in [0.25, 0.3) is 61.0 Å². The fraction of sp³-hybridized carbons (Fsp3) is 0. The molecule has 0 unspecified atom stereocenters. The fourth-order valence-electron chi connectivity index (χ4n) is 5.29. The molecule has 0 spiro atoms. The number of aromatic hydroxyl groups is 1. The molecule has 0 aliphatic rings. The molecule has 7 rings (SSSR count). The zero-order chi connectivity index (χ0) is 26.5.